The lowest BCUT2D eigenvalue weighted by Crippen LogP contribution is -2.08. The van der Waals surface area contributed by atoms with Crippen molar-refractivity contribution >= 4 is 17.4 Å². The summed E-state index contributed by atoms with van der Waals surface area (Å²) in [4.78, 5) is 12.9. The summed E-state index contributed by atoms with van der Waals surface area (Å²) in [7, 11) is 0. The van der Waals surface area contributed by atoms with Crippen LogP contribution in [0, 0.1) is 12.7 Å². The van der Waals surface area contributed by atoms with Crippen LogP contribution in [-0.4, -0.2) is 10.4 Å². The summed E-state index contributed by atoms with van der Waals surface area (Å²) in [6, 6.07) is 11.9. The quantitative estimate of drug-likeness (QED) is 0.473. The molecule has 1 aliphatic rings. The molecule has 0 fully saturated rings. The number of benzene rings is 2. The third kappa shape index (κ3) is 1.98. The number of fused-ring (bicyclic) bond motifs is 3. The van der Waals surface area contributed by atoms with E-state index >= 15 is 0 Å². The first-order chi connectivity index (χ1) is 11.5. The molecule has 2 nitrogen and oxygen atoms in total. The Morgan fingerprint density at radius 1 is 1.04 bits per heavy atom. The normalized spacial score (nSPS) is 12.4. The zero-order chi connectivity index (χ0) is 17.0. The van der Waals surface area contributed by atoms with Crippen molar-refractivity contribution in [3.8, 4) is 22.3 Å². The molecule has 0 bridgehead atoms. The van der Waals surface area contributed by atoms with Gasteiger partial charge >= 0.3 is 0 Å². The first kappa shape index (κ1) is 15.2. The van der Waals surface area contributed by atoms with Gasteiger partial charge < -0.3 is 4.57 Å². The van der Waals surface area contributed by atoms with Gasteiger partial charge in [-0.25, -0.2) is 4.39 Å². The maximum absolute atomic E-state index is 13.8. The molecule has 3 aromatic rings. The fourth-order valence-corrected chi connectivity index (χ4v) is 3.78. The number of rotatable bonds is 2. The van der Waals surface area contributed by atoms with E-state index in [1.54, 1.807) is 6.07 Å². The number of hydrogen-bond acceptors (Lipinski definition) is 1. The van der Waals surface area contributed by atoms with E-state index in [2.05, 4.69) is 0 Å². The van der Waals surface area contributed by atoms with E-state index in [9.17, 15) is 9.18 Å². The van der Waals surface area contributed by atoms with E-state index in [0.717, 1.165) is 22.4 Å². The minimum absolute atomic E-state index is 0.0369. The van der Waals surface area contributed by atoms with Gasteiger partial charge in [0, 0.05) is 34.0 Å². The molecule has 0 radical (unpaired) electrons. The minimum Gasteiger partial charge on any atom is -0.341 e. The lowest BCUT2D eigenvalue weighted by Gasteiger charge is -2.09. The Bertz CT molecular complexity index is 986. The maximum atomic E-state index is 13.8. The van der Waals surface area contributed by atoms with Crippen LogP contribution in [-0.2, 0) is 6.54 Å². The van der Waals surface area contributed by atoms with Gasteiger partial charge in [0.15, 0.2) is 0 Å². The average molecular weight is 340 g/mol. The van der Waals surface area contributed by atoms with Crippen LogP contribution in [0.3, 0.4) is 0 Å². The number of nitrogens with zero attached hydrogens (tertiary/aromatic N) is 1. The molecular weight excluding hydrogens is 325 g/mol. The number of halogens is 2. The number of aromatic nitrogens is 1. The number of carbonyl (C=O) groups is 1. The molecule has 0 saturated heterocycles. The molecule has 4 rings (SSSR count). The van der Waals surface area contributed by atoms with Crippen molar-refractivity contribution in [2.24, 2.45) is 0 Å². The molecule has 24 heavy (non-hydrogen) atoms. The molecule has 0 aliphatic heterocycles. The van der Waals surface area contributed by atoms with Gasteiger partial charge in [-0.15, -0.1) is 0 Å². The molecule has 1 aromatic heterocycles. The van der Waals surface area contributed by atoms with Gasteiger partial charge in [0.25, 0.3) is 0 Å². The second-order valence-corrected chi connectivity index (χ2v) is 6.39. The van der Waals surface area contributed by atoms with E-state index in [1.807, 2.05) is 42.7 Å². The molecule has 0 atom stereocenters. The number of ketones is 1. The number of carbonyl (C=O) groups excluding carboxylic acids is 1. The van der Waals surface area contributed by atoms with E-state index in [1.165, 1.54) is 12.1 Å². The van der Waals surface area contributed by atoms with Crippen LogP contribution < -0.4 is 0 Å². The van der Waals surface area contributed by atoms with Crippen LogP contribution in [0.4, 0.5) is 4.39 Å². The Morgan fingerprint density at radius 3 is 2.42 bits per heavy atom. The average Bonchev–Trinajstić information content (AvgIpc) is 3.01. The predicted molar refractivity (Wildman–Crippen MR) is 94.1 cm³/mol. The Balaban J connectivity index is 2.09. The van der Waals surface area contributed by atoms with Crippen LogP contribution in [0.2, 0.25) is 5.02 Å². The third-order valence-corrected chi connectivity index (χ3v) is 4.94. The molecule has 1 heterocycles. The zero-order valence-corrected chi connectivity index (χ0v) is 14.1. The molecule has 2 aromatic carbocycles. The van der Waals surface area contributed by atoms with Crippen molar-refractivity contribution in [1.29, 1.82) is 0 Å². The molecular formula is C20H15ClFNO. The fraction of sp³-hybridized carbons (Fsp3) is 0.150. The van der Waals surface area contributed by atoms with E-state index in [0.29, 0.717) is 28.4 Å². The van der Waals surface area contributed by atoms with Crippen LogP contribution in [0.1, 0.15) is 28.7 Å². The summed E-state index contributed by atoms with van der Waals surface area (Å²) in [6.45, 7) is 4.69. The molecule has 1 aliphatic carbocycles. The van der Waals surface area contributed by atoms with Crippen molar-refractivity contribution in [1.82, 2.24) is 4.57 Å². The molecule has 0 amide bonds. The summed E-state index contributed by atoms with van der Waals surface area (Å²) >= 11 is 6.00. The Hall–Kier alpha value is -2.39. The highest BCUT2D eigenvalue weighted by molar-refractivity contribution is 6.30. The van der Waals surface area contributed by atoms with Gasteiger partial charge in [-0.1, -0.05) is 23.7 Å². The molecule has 0 unspecified atom stereocenters. The SMILES string of the molecule is CCn1c(C)c(-c2ccc(Cl)cc2)c2c1C(=O)c1ccc(F)cc1-2. The van der Waals surface area contributed by atoms with Crippen molar-refractivity contribution < 1.29 is 9.18 Å². The van der Waals surface area contributed by atoms with Gasteiger partial charge in [-0.05, 0) is 55.3 Å². The predicted octanol–water partition coefficient (Wildman–Crippen LogP) is 5.49. The van der Waals surface area contributed by atoms with Gasteiger partial charge in [-0.3, -0.25) is 4.79 Å². The van der Waals surface area contributed by atoms with Crippen molar-refractivity contribution in [2.45, 2.75) is 20.4 Å². The van der Waals surface area contributed by atoms with Crippen LogP contribution in [0.25, 0.3) is 22.3 Å². The second-order valence-electron chi connectivity index (χ2n) is 5.95. The topological polar surface area (TPSA) is 22.0 Å². The van der Waals surface area contributed by atoms with Crippen molar-refractivity contribution in [2.75, 3.05) is 0 Å². The molecule has 0 spiro atoms. The molecule has 0 saturated carbocycles. The summed E-state index contributed by atoms with van der Waals surface area (Å²) in [5, 5.41) is 0.658. The molecule has 4 heteroatoms. The summed E-state index contributed by atoms with van der Waals surface area (Å²) in [6.07, 6.45) is 0. The van der Waals surface area contributed by atoms with E-state index < -0.39 is 0 Å². The van der Waals surface area contributed by atoms with E-state index in [4.69, 9.17) is 11.6 Å². The second kappa shape index (κ2) is 5.32. The molecule has 120 valence electrons. The Kier molecular flexibility index (Phi) is 3.36. The first-order valence-corrected chi connectivity index (χ1v) is 8.24. The zero-order valence-electron chi connectivity index (χ0n) is 13.4. The summed E-state index contributed by atoms with van der Waals surface area (Å²) < 4.78 is 15.8. The van der Waals surface area contributed by atoms with Crippen LogP contribution in [0.15, 0.2) is 42.5 Å². The summed E-state index contributed by atoms with van der Waals surface area (Å²) in [5.41, 5.74) is 5.69. The van der Waals surface area contributed by atoms with Crippen molar-refractivity contribution in [3.63, 3.8) is 0 Å². The largest absolute Gasteiger partial charge is 0.341 e. The monoisotopic (exact) mass is 339 g/mol. The highest BCUT2D eigenvalue weighted by Gasteiger charge is 2.35. The van der Waals surface area contributed by atoms with Gasteiger partial charge in [-0.2, -0.15) is 0 Å². The Labute approximate surface area is 144 Å². The highest BCUT2D eigenvalue weighted by Crippen LogP contribution is 2.46. The first-order valence-electron chi connectivity index (χ1n) is 7.86. The van der Waals surface area contributed by atoms with Crippen LogP contribution >= 0.6 is 11.6 Å². The van der Waals surface area contributed by atoms with E-state index in [-0.39, 0.29) is 11.6 Å². The smallest absolute Gasteiger partial charge is 0.210 e. The minimum atomic E-state index is -0.335. The van der Waals surface area contributed by atoms with Crippen molar-refractivity contribution in [3.05, 3.63) is 70.3 Å². The summed E-state index contributed by atoms with van der Waals surface area (Å²) in [5.74, 6) is -0.372. The maximum Gasteiger partial charge on any atom is 0.210 e. The molecule has 0 N–H and O–H groups in total. The third-order valence-electron chi connectivity index (χ3n) is 4.68. The standard InChI is InChI=1S/C20H15ClFNO/c1-3-23-11(2)17(12-4-6-13(21)7-5-12)18-16-10-14(22)8-9-15(16)20(24)19(18)23/h4-10H,3H2,1-2H3. The van der Waals surface area contributed by atoms with Crippen LogP contribution in [0.5, 0.6) is 0 Å². The lowest BCUT2D eigenvalue weighted by molar-refractivity contribution is 0.103. The Morgan fingerprint density at radius 2 is 1.75 bits per heavy atom. The van der Waals surface area contributed by atoms with Gasteiger partial charge in [0.2, 0.25) is 5.78 Å². The van der Waals surface area contributed by atoms with Gasteiger partial charge in [0.1, 0.15) is 5.82 Å². The highest BCUT2D eigenvalue weighted by atomic mass is 35.5. The number of hydrogen-bond donors (Lipinski definition) is 0. The lowest BCUT2D eigenvalue weighted by atomic mass is 9.97. The fourth-order valence-electron chi connectivity index (χ4n) is 3.65. The van der Waals surface area contributed by atoms with Gasteiger partial charge in [0.05, 0.1) is 5.69 Å².